The van der Waals surface area contributed by atoms with Crippen LogP contribution in [0.4, 0.5) is 10.1 Å². The Kier molecular flexibility index (Phi) is 4.25. The molecule has 2 aromatic rings. The molecule has 0 heterocycles. The maximum absolute atomic E-state index is 12.9. The van der Waals surface area contributed by atoms with E-state index in [-0.39, 0.29) is 5.82 Å². The van der Waals surface area contributed by atoms with Crippen molar-refractivity contribution in [1.29, 1.82) is 0 Å². The quantitative estimate of drug-likeness (QED) is 0.907. The highest BCUT2D eigenvalue weighted by molar-refractivity contribution is 6.31. The summed E-state index contributed by atoms with van der Waals surface area (Å²) in [5, 5.41) is 3.53. The minimum Gasteiger partial charge on any atom is -0.370 e. The van der Waals surface area contributed by atoms with Gasteiger partial charge in [-0.15, -0.1) is 0 Å². The second-order valence-corrected chi connectivity index (χ2v) is 4.90. The van der Waals surface area contributed by atoms with Crippen molar-refractivity contribution < 1.29 is 9.18 Å². The predicted molar refractivity (Wildman–Crippen MR) is 78.1 cm³/mol. The predicted octanol–water partition coefficient (Wildman–Crippen LogP) is 3.43. The highest BCUT2D eigenvalue weighted by atomic mass is 35.5. The number of hydrogen-bond donors (Lipinski definition) is 2. The van der Waals surface area contributed by atoms with Gasteiger partial charge in [0.1, 0.15) is 11.9 Å². The molecule has 2 rings (SSSR count). The van der Waals surface area contributed by atoms with E-state index in [2.05, 4.69) is 5.32 Å². The minimum absolute atomic E-state index is 0.343. The van der Waals surface area contributed by atoms with Crippen molar-refractivity contribution in [3.63, 3.8) is 0 Å². The number of halogens is 2. The number of nitrogens with two attached hydrogens (primary N) is 1. The first-order valence-corrected chi connectivity index (χ1v) is 6.42. The van der Waals surface area contributed by atoms with Crippen molar-refractivity contribution in [1.82, 2.24) is 0 Å². The van der Waals surface area contributed by atoms with E-state index >= 15 is 0 Å². The van der Waals surface area contributed by atoms with Crippen molar-refractivity contribution in [3.05, 3.63) is 64.4 Å². The van der Waals surface area contributed by atoms with Crippen LogP contribution in [0.2, 0.25) is 5.02 Å². The van der Waals surface area contributed by atoms with Crippen molar-refractivity contribution in [2.24, 2.45) is 5.73 Å². The Balaban J connectivity index is 2.29. The first kappa shape index (κ1) is 14.3. The fourth-order valence-corrected chi connectivity index (χ4v) is 2.01. The molecule has 1 atom stereocenters. The second-order valence-electron chi connectivity index (χ2n) is 4.50. The van der Waals surface area contributed by atoms with Gasteiger partial charge in [0.25, 0.3) is 0 Å². The molecule has 3 nitrogen and oxygen atoms in total. The van der Waals surface area contributed by atoms with Crippen LogP contribution in [-0.2, 0) is 4.79 Å². The van der Waals surface area contributed by atoms with Gasteiger partial charge in [0.2, 0.25) is 5.91 Å². The minimum atomic E-state index is -0.724. The van der Waals surface area contributed by atoms with Gasteiger partial charge in [-0.2, -0.15) is 0 Å². The van der Waals surface area contributed by atoms with Crippen LogP contribution in [0.15, 0.2) is 42.5 Å². The normalized spacial score (nSPS) is 11.9. The van der Waals surface area contributed by atoms with Crippen LogP contribution >= 0.6 is 11.6 Å². The molecule has 0 aromatic heterocycles. The number of carbonyl (C=O) groups is 1. The van der Waals surface area contributed by atoms with Crippen molar-refractivity contribution >= 4 is 23.2 Å². The average Bonchev–Trinajstić information content (AvgIpc) is 2.41. The molecule has 104 valence electrons. The van der Waals surface area contributed by atoms with Gasteiger partial charge >= 0.3 is 0 Å². The van der Waals surface area contributed by atoms with E-state index in [1.807, 2.05) is 13.0 Å². The molecule has 5 heteroatoms. The number of nitrogens with one attached hydrogen (secondary N) is 1. The summed E-state index contributed by atoms with van der Waals surface area (Å²) in [7, 11) is 0. The molecule has 0 radical (unpaired) electrons. The largest absolute Gasteiger partial charge is 0.370 e. The zero-order valence-electron chi connectivity index (χ0n) is 10.9. The average molecular weight is 293 g/mol. The lowest BCUT2D eigenvalue weighted by Gasteiger charge is -2.18. The molecule has 0 aliphatic rings. The van der Waals surface area contributed by atoms with E-state index in [4.69, 9.17) is 17.3 Å². The van der Waals surface area contributed by atoms with Gasteiger partial charge in [-0.1, -0.05) is 23.7 Å². The van der Waals surface area contributed by atoms with Gasteiger partial charge in [0, 0.05) is 10.7 Å². The Morgan fingerprint density at radius 3 is 2.45 bits per heavy atom. The molecule has 2 aromatic carbocycles. The summed E-state index contributed by atoms with van der Waals surface area (Å²) in [4.78, 5) is 11.6. The number of hydrogen-bond acceptors (Lipinski definition) is 2. The van der Waals surface area contributed by atoms with Gasteiger partial charge in [-0.25, -0.2) is 4.39 Å². The summed E-state index contributed by atoms with van der Waals surface area (Å²) in [5.41, 5.74) is 7.60. The number of carbonyl (C=O) groups excluding carboxylic acids is 1. The highest BCUT2D eigenvalue weighted by Crippen LogP contribution is 2.24. The van der Waals surface area contributed by atoms with Crippen molar-refractivity contribution in [2.45, 2.75) is 13.0 Å². The maximum Gasteiger partial charge on any atom is 0.244 e. The smallest absolute Gasteiger partial charge is 0.244 e. The summed E-state index contributed by atoms with van der Waals surface area (Å²) in [6.07, 6.45) is 0. The molecule has 20 heavy (non-hydrogen) atoms. The molecule has 3 N–H and O–H groups in total. The zero-order valence-corrected chi connectivity index (χ0v) is 11.6. The highest BCUT2D eigenvalue weighted by Gasteiger charge is 2.18. The number of aryl methyl sites for hydroxylation is 1. The number of rotatable bonds is 4. The summed E-state index contributed by atoms with van der Waals surface area (Å²) in [5.74, 6) is -0.876. The number of anilines is 1. The molecule has 1 amide bonds. The van der Waals surface area contributed by atoms with E-state index < -0.39 is 11.9 Å². The third-order valence-corrected chi connectivity index (χ3v) is 3.38. The molecule has 1 unspecified atom stereocenters. The van der Waals surface area contributed by atoms with Crippen LogP contribution in [-0.4, -0.2) is 5.91 Å². The van der Waals surface area contributed by atoms with Crippen LogP contribution in [0.25, 0.3) is 0 Å². The van der Waals surface area contributed by atoms with Crippen molar-refractivity contribution in [2.75, 3.05) is 5.32 Å². The first-order valence-electron chi connectivity index (χ1n) is 6.05. The lowest BCUT2D eigenvalue weighted by atomic mass is 10.0. The summed E-state index contributed by atoms with van der Waals surface area (Å²) < 4.78 is 12.9. The Morgan fingerprint density at radius 1 is 1.25 bits per heavy atom. The topological polar surface area (TPSA) is 55.1 Å². The Bertz CT molecular complexity index is 628. The van der Waals surface area contributed by atoms with E-state index in [0.717, 1.165) is 5.56 Å². The van der Waals surface area contributed by atoms with Crippen LogP contribution in [0.3, 0.4) is 0 Å². The lowest BCUT2D eigenvalue weighted by Crippen LogP contribution is -2.27. The summed E-state index contributed by atoms with van der Waals surface area (Å²) >= 11 is 6.06. The van der Waals surface area contributed by atoms with Crippen LogP contribution in [0.1, 0.15) is 17.2 Å². The SMILES string of the molecule is Cc1ccc(C(Nc2ccc(F)cc2)C(N)=O)cc1Cl. The fourth-order valence-electron chi connectivity index (χ4n) is 1.82. The molecular weight excluding hydrogens is 279 g/mol. The molecule has 0 aliphatic carbocycles. The summed E-state index contributed by atoms with van der Waals surface area (Å²) in [6, 6.07) is 10.3. The van der Waals surface area contributed by atoms with E-state index in [9.17, 15) is 9.18 Å². The molecular formula is C15H14ClFN2O. The van der Waals surface area contributed by atoms with Gasteiger partial charge in [0.05, 0.1) is 0 Å². The Morgan fingerprint density at radius 2 is 1.90 bits per heavy atom. The molecule has 0 fully saturated rings. The number of primary amides is 1. The third-order valence-electron chi connectivity index (χ3n) is 2.97. The van der Waals surface area contributed by atoms with Crippen LogP contribution in [0, 0.1) is 12.7 Å². The number of benzene rings is 2. The third kappa shape index (κ3) is 3.27. The standard InChI is InChI=1S/C15H14ClFN2O/c1-9-2-3-10(8-13(9)16)14(15(18)20)19-12-6-4-11(17)5-7-12/h2-8,14,19H,1H3,(H2,18,20). The monoisotopic (exact) mass is 292 g/mol. The van der Waals surface area contributed by atoms with Gasteiger partial charge < -0.3 is 11.1 Å². The molecule has 0 spiro atoms. The van der Waals surface area contributed by atoms with Gasteiger partial charge in [0.15, 0.2) is 0 Å². The fraction of sp³-hybridized carbons (Fsp3) is 0.133. The van der Waals surface area contributed by atoms with E-state index in [1.54, 1.807) is 24.3 Å². The molecule has 0 bridgehead atoms. The Hall–Kier alpha value is -2.07. The molecule has 0 saturated heterocycles. The Labute approximate surface area is 121 Å². The van der Waals surface area contributed by atoms with Crippen LogP contribution in [0.5, 0.6) is 0 Å². The van der Waals surface area contributed by atoms with E-state index in [1.165, 1.54) is 12.1 Å². The van der Waals surface area contributed by atoms with Crippen LogP contribution < -0.4 is 11.1 Å². The lowest BCUT2D eigenvalue weighted by molar-refractivity contribution is -0.118. The van der Waals surface area contributed by atoms with Crippen molar-refractivity contribution in [3.8, 4) is 0 Å². The van der Waals surface area contributed by atoms with Gasteiger partial charge in [-0.05, 0) is 48.4 Å². The summed E-state index contributed by atoms with van der Waals surface area (Å²) in [6.45, 7) is 1.87. The van der Waals surface area contributed by atoms with E-state index in [0.29, 0.717) is 16.3 Å². The maximum atomic E-state index is 12.9. The molecule has 0 saturated carbocycles. The van der Waals surface area contributed by atoms with Gasteiger partial charge in [-0.3, -0.25) is 4.79 Å². The zero-order chi connectivity index (χ0) is 14.7. The molecule has 0 aliphatic heterocycles. The number of amides is 1. The second kappa shape index (κ2) is 5.92. The first-order chi connectivity index (χ1) is 9.47.